The normalized spacial score (nSPS) is 10.6. The number of carbonyl (C=O) groups excluding carboxylic acids is 1. The fourth-order valence-corrected chi connectivity index (χ4v) is 2.09. The van der Waals surface area contributed by atoms with Gasteiger partial charge in [-0.2, -0.15) is 0 Å². The molecule has 3 N–H and O–H groups in total. The van der Waals surface area contributed by atoms with E-state index in [0.29, 0.717) is 25.6 Å². The van der Waals surface area contributed by atoms with Crippen molar-refractivity contribution < 1.29 is 4.79 Å². The van der Waals surface area contributed by atoms with Crippen molar-refractivity contribution in [2.24, 2.45) is 11.7 Å². The van der Waals surface area contributed by atoms with Crippen LogP contribution in [0.5, 0.6) is 0 Å². The molecule has 0 aromatic heterocycles. The summed E-state index contributed by atoms with van der Waals surface area (Å²) in [6.07, 6.45) is 0. The fourth-order valence-electron chi connectivity index (χ4n) is 1.74. The third-order valence-corrected chi connectivity index (χ3v) is 3.26. The van der Waals surface area contributed by atoms with Crippen molar-refractivity contribution in [3.8, 4) is 0 Å². The van der Waals surface area contributed by atoms with Gasteiger partial charge >= 0.3 is 0 Å². The van der Waals surface area contributed by atoms with Gasteiger partial charge in [-0.05, 0) is 23.6 Å². The number of carbonyl (C=O) groups is 1. The molecule has 0 fully saturated rings. The molecule has 0 saturated carbocycles. The first kappa shape index (κ1) is 16.0. The summed E-state index contributed by atoms with van der Waals surface area (Å²) in [6, 6.07) is 5.91. The Hall–Kier alpha value is -1.07. The zero-order valence-corrected chi connectivity index (χ0v) is 13.3. The number of halogens is 1. The first-order chi connectivity index (χ1) is 8.93. The molecule has 0 unspecified atom stereocenters. The van der Waals surface area contributed by atoms with Crippen LogP contribution in [0.2, 0.25) is 0 Å². The highest BCUT2D eigenvalue weighted by Crippen LogP contribution is 2.23. The number of rotatable bonds is 6. The number of nitrogens with two attached hydrogens (primary N) is 1. The zero-order chi connectivity index (χ0) is 14.4. The lowest BCUT2D eigenvalue weighted by atomic mass is 10.1. The van der Waals surface area contributed by atoms with Crippen LogP contribution in [0, 0.1) is 5.92 Å². The Morgan fingerprint density at radius 2 is 2.16 bits per heavy atom. The number of amides is 1. The van der Waals surface area contributed by atoms with Gasteiger partial charge in [-0.3, -0.25) is 4.79 Å². The van der Waals surface area contributed by atoms with E-state index in [9.17, 15) is 4.79 Å². The predicted molar refractivity (Wildman–Crippen MR) is 83.2 cm³/mol. The summed E-state index contributed by atoms with van der Waals surface area (Å²) in [6.45, 7) is 5.64. The molecule has 0 heterocycles. The molecule has 0 saturated heterocycles. The highest BCUT2D eigenvalue weighted by molar-refractivity contribution is 9.10. The van der Waals surface area contributed by atoms with Gasteiger partial charge in [0, 0.05) is 30.3 Å². The summed E-state index contributed by atoms with van der Waals surface area (Å²) in [5.74, 6) is 0.485. The maximum atomic E-state index is 11.8. The van der Waals surface area contributed by atoms with E-state index in [0.717, 1.165) is 15.7 Å². The van der Waals surface area contributed by atoms with Crippen LogP contribution in [-0.2, 0) is 11.3 Å². The Morgan fingerprint density at radius 1 is 1.47 bits per heavy atom. The first-order valence-corrected chi connectivity index (χ1v) is 7.19. The van der Waals surface area contributed by atoms with Crippen molar-refractivity contribution in [3.05, 3.63) is 28.2 Å². The minimum absolute atomic E-state index is 0.0270. The van der Waals surface area contributed by atoms with Gasteiger partial charge in [0.1, 0.15) is 0 Å². The molecule has 19 heavy (non-hydrogen) atoms. The largest absolute Gasteiger partial charge is 0.365 e. The van der Waals surface area contributed by atoms with Crippen molar-refractivity contribution in [2.45, 2.75) is 20.4 Å². The summed E-state index contributed by atoms with van der Waals surface area (Å²) >= 11 is 3.44. The lowest BCUT2D eigenvalue weighted by molar-refractivity contribution is -0.119. The van der Waals surface area contributed by atoms with Gasteiger partial charge < -0.3 is 16.0 Å². The van der Waals surface area contributed by atoms with Crippen LogP contribution in [0.15, 0.2) is 22.7 Å². The Bertz CT molecular complexity index is 435. The van der Waals surface area contributed by atoms with Gasteiger partial charge in [0.2, 0.25) is 5.91 Å². The average Bonchev–Trinajstić information content (AvgIpc) is 2.36. The average molecular weight is 328 g/mol. The lowest BCUT2D eigenvalue weighted by Crippen LogP contribution is -2.37. The first-order valence-electron chi connectivity index (χ1n) is 6.40. The third kappa shape index (κ3) is 5.20. The molecular weight excluding hydrogens is 306 g/mol. The minimum Gasteiger partial charge on any atom is -0.365 e. The summed E-state index contributed by atoms with van der Waals surface area (Å²) in [4.78, 5) is 13.7. The molecule has 106 valence electrons. The van der Waals surface area contributed by atoms with Gasteiger partial charge in [0.15, 0.2) is 0 Å². The second kappa shape index (κ2) is 7.50. The van der Waals surface area contributed by atoms with E-state index in [4.69, 9.17) is 5.73 Å². The van der Waals surface area contributed by atoms with Crippen LogP contribution in [0.4, 0.5) is 5.69 Å². The number of hydrogen-bond acceptors (Lipinski definition) is 3. The lowest BCUT2D eigenvalue weighted by Gasteiger charge is -2.22. The minimum atomic E-state index is 0.0270. The molecule has 1 aromatic rings. The molecule has 1 amide bonds. The summed E-state index contributed by atoms with van der Waals surface area (Å²) in [7, 11) is 1.90. The van der Waals surface area contributed by atoms with Crippen molar-refractivity contribution in [2.75, 3.05) is 25.0 Å². The van der Waals surface area contributed by atoms with E-state index in [-0.39, 0.29) is 5.91 Å². The van der Waals surface area contributed by atoms with Crippen LogP contribution in [0.1, 0.15) is 19.4 Å². The quantitative estimate of drug-likeness (QED) is 0.841. The molecule has 0 aliphatic carbocycles. The van der Waals surface area contributed by atoms with Crippen LogP contribution in [0.3, 0.4) is 0 Å². The molecule has 5 heteroatoms. The van der Waals surface area contributed by atoms with Crippen LogP contribution in [-0.4, -0.2) is 26.0 Å². The van der Waals surface area contributed by atoms with E-state index in [1.807, 2.05) is 30.1 Å². The molecule has 0 spiro atoms. The fraction of sp³-hybridized carbons (Fsp3) is 0.500. The summed E-state index contributed by atoms with van der Waals surface area (Å²) in [5, 5.41) is 2.91. The number of hydrogen-bond donors (Lipinski definition) is 2. The van der Waals surface area contributed by atoms with E-state index < -0.39 is 0 Å². The Balaban J connectivity index is 2.69. The van der Waals surface area contributed by atoms with E-state index in [2.05, 4.69) is 35.1 Å². The van der Waals surface area contributed by atoms with E-state index >= 15 is 0 Å². The van der Waals surface area contributed by atoms with Crippen molar-refractivity contribution in [1.82, 2.24) is 5.32 Å². The van der Waals surface area contributed by atoms with Gasteiger partial charge in [0.25, 0.3) is 0 Å². The third-order valence-electron chi connectivity index (χ3n) is 2.77. The second-order valence-corrected chi connectivity index (χ2v) is 5.95. The van der Waals surface area contributed by atoms with Gasteiger partial charge in [-0.1, -0.05) is 35.8 Å². The molecule has 0 aliphatic rings. The SMILES string of the molecule is CC(C)CNC(=O)CN(C)c1cc(Br)ccc1CN. The monoisotopic (exact) mass is 327 g/mol. The topological polar surface area (TPSA) is 58.4 Å². The van der Waals surface area contributed by atoms with E-state index in [1.54, 1.807) is 0 Å². The molecule has 0 radical (unpaired) electrons. The summed E-state index contributed by atoms with van der Waals surface area (Å²) < 4.78 is 0.981. The Labute approximate surface area is 123 Å². The molecule has 1 rings (SSSR count). The van der Waals surface area contributed by atoms with Crippen molar-refractivity contribution in [3.63, 3.8) is 0 Å². The molecule has 4 nitrogen and oxygen atoms in total. The summed E-state index contributed by atoms with van der Waals surface area (Å²) in [5.41, 5.74) is 7.74. The van der Waals surface area contributed by atoms with Crippen LogP contribution in [0.25, 0.3) is 0 Å². The Morgan fingerprint density at radius 3 is 2.74 bits per heavy atom. The van der Waals surface area contributed by atoms with Crippen molar-refractivity contribution in [1.29, 1.82) is 0 Å². The number of nitrogens with one attached hydrogen (secondary N) is 1. The Kier molecular flexibility index (Phi) is 6.31. The molecule has 1 aromatic carbocycles. The smallest absolute Gasteiger partial charge is 0.239 e. The standard InChI is InChI=1S/C14H22BrN3O/c1-10(2)8-17-14(19)9-18(3)13-6-12(15)5-4-11(13)7-16/h4-6,10H,7-9,16H2,1-3H3,(H,17,19). The number of nitrogens with zero attached hydrogens (tertiary/aromatic N) is 1. The second-order valence-electron chi connectivity index (χ2n) is 5.03. The maximum Gasteiger partial charge on any atom is 0.239 e. The van der Waals surface area contributed by atoms with Gasteiger partial charge in [0.05, 0.1) is 6.54 Å². The molecule has 0 aliphatic heterocycles. The van der Waals surface area contributed by atoms with E-state index in [1.165, 1.54) is 0 Å². The molecule has 0 atom stereocenters. The van der Waals surface area contributed by atoms with Gasteiger partial charge in [-0.15, -0.1) is 0 Å². The molecular formula is C14H22BrN3O. The zero-order valence-electron chi connectivity index (χ0n) is 11.7. The number of likely N-dealkylation sites (N-methyl/N-ethyl adjacent to an activating group) is 1. The number of benzene rings is 1. The van der Waals surface area contributed by atoms with Crippen molar-refractivity contribution >= 4 is 27.5 Å². The maximum absolute atomic E-state index is 11.8. The van der Waals surface area contributed by atoms with Gasteiger partial charge in [-0.25, -0.2) is 0 Å². The highest BCUT2D eigenvalue weighted by atomic mass is 79.9. The van der Waals surface area contributed by atoms with Crippen LogP contribution < -0.4 is 16.0 Å². The highest BCUT2D eigenvalue weighted by Gasteiger charge is 2.11. The number of anilines is 1. The van der Waals surface area contributed by atoms with Crippen LogP contribution >= 0.6 is 15.9 Å². The predicted octanol–water partition coefficient (Wildman–Crippen LogP) is 2.12. The molecule has 0 bridgehead atoms.